The lowest BCUT2D eigenvalue weighted by atomic mass is 10.1. The van der Waals surface area contributed by atoms with Gasteiger partial charge in [0.05, 0.1) is 6.42 Å². The summed E-state index contributed by atoms with van der Waals surface area (Å²) in [6, 6.07) is 13.3. The van der Waals surface area contributed by atoms with E-state index in [0.717, 1.165) is 27.9 Å². The monoisotopic (exact) mass is 311 g/mol. The van der Waals surface area contributed by atoms with E-state index in [2.05, 4.69) is 5.32 Å². The van der Waals surface area contributed by atoms with E-state index in [1.54, 1.807) is 0 Å². The minimum Gasteiger partial charge on any atom is -0.455 e. The van der Waals surface area contributed by atoms with Gasteiger partial charge in [-0.15, -0.1) is 0 Å². The Labute approximate surface area is 136 Å². The topological polar surface area (TPSA) is 55.4 Å². The maximum atomic E-state index is 11.9. The maximum Gasteiger partial charge on any atom is 0.310 e. The van der Waals surface area contributed by atoms with Gasteiger partial charge in [0.2, 0.25) is 0 Å². The van der Waals surface area contributed by atoms with Gasteiger partial charge in [-0.3, -0.25) is 9.59 Å². The Bertz CT molecular complexity index is 722. The van der Waals surface area contributed by atoms with E-state index < -0.39 is 5.97 Å². The normalized spacial score (nSPS) is 10.2. The predicted molar refractivity (Wildman–Crippen MR) is 90.4 cm³/mol. The number of esters is 1. The molecular formula is C19H21NO3. The highest BCUT2D eigenvalue weighted by Gasteiger charge is 2.11. The third-order valence-electron chi connectivity index (χ3n) is 3.84. The molecule has 4 heteroatoms. The van der Waals surface area contributed by atoms with Crippen molar-refractivity contribution in [3.63, 3.8) is 0 Å². The summed E-state index contributed by atoms with van der Waals surface area (Å²) in [7, 11) is 0. The van der Waals surface area contributed by atoms with Crippen LogP contribution in [0.3, 0.4) is 0 Å². The average molecular weight is 311 g/mol. The van der Waals surface area contributed by atoms with Crippen LogP contribution in [0.2, 0.25) is 0 Å². The molecule has 0 heterocycles. The fraction of sp³-hybridized carbons (Fsp3) is 0.263. The standard InChI is InChI=1S/C19H21NO3/c1-13-8-6-10-17(15(13)3)20-18(21)12-23-19(22)11-16-9-5-4-7-14(16)2/h4-10H,11-12H2,1-3H3,(H,20,21). The average Bonchev–Trinajstić information content (AvgIpc) is 2.52. The first-order chi connectivity index (χ1) is 11.0. The Kier molecular flexibility index (Phi) is 5.52. The molecular weight excluding hydrogens is 290 g/mol. The third-order valence-corrected chi connectivity index (χ3v) is 3.84. The SMILES string of the molecule is Cc1ccccc1CC(=O)OCC(=O)Nc1cccc(C)c1C. The van der Waals surface area contributed by atoms with Gasteiger partial charge in [-0.1, -0.05) is 36.4 Å². The van der Waals surface area contributed by atoms with Crippen LogP contribution in [0.5, 0.6) is 0 Å². The highest BCUT2D eigenvalue weighted by Crippen LogP contribution is 2.17. The molecule has 0 atom stereocenters. The van der Waals surface area contributed by atoms with Gasteiger partial charge in [0.1, 0.15) is 0 Å². The quantitative estimate of drug-likeness (QED) is 0.862. The van der Waals surface area contributed by atoms with Gasteiger partial charge in [-0.2, -0.15) is 0 Å². The number of rotatable bonds is 5. The van der Waals surface area contributed by atoms with Crippen molar-refractivity contribution in [3.8, 4) is 0 Å². The van der Waals surface area contributed by atoms with E-state index in [-0.39, 0.29) is 18.9 Å². The highest BCUT2D eigenvalue weighted by molar-refractivity contribution is 5.93. The summed E-state index contributed by atoms with van der Waals surface area (Å²) in [4.78, 5) is 23.8. The van der Waals surface area contributed by atoms with Crippen molar-refractivity contribution in [2.45, 2.75) is 27.2 Å². The van der Waals surface area contributed by atoms with Gasteiger partial charge in [0, 0.05) is 5.69 Å². The molecule has 2 aromatic carbocycles. The summed E-state index contributed by atoms with van der Waals surface area (Å²) in [5.41, 5.74) is 4.79. The number of carbonyl (C=O) groups excluding carboxylic acids is 2. The molecule has 0 spiro atoms. The van der Waals surface area contributed by atoms with Crippen molar-refractivity contribution < 1.29 is 14.3 Å². The van der Waals surface area contributed by atoms with Crippen LogP contribution in [0.1, 0.15) is 22.3 Å². The fourth-order valence-corrected chi connectivity index (χ4v) is 2.23. The van der Waals surface area contributed by atoms with Gasteiger partial charge < -0.3 is 10.1 Å². The summed E-state index contributed by atoms with van der Waals surface area (Å²) in [6.07, 6.45) is 0.170. The number of aryl methyl sites for hydroxylation is 2. The van der Waals surface area contributed by atoms with Crippen molar-refractivity contribution in [1.82, 2.24) is 0 Å². The van der Waals surface area contributed by atoms with Crippen LogP contribution in [-0.2, 0) is 20.7 Å². The number of hydrogen-bond acceptors (Lipinski definition) is 3. The molecule has 0 saturated heterocycles. The molecule has 0 aliphatic rings. The zero-order chi connectivity index (χ0) is 16.8. The number of amides is 1. The lowest BCUT2D eigenvalue weighted by Crippen LogP contribution is -2.22. The molecule has 0 saturated carbocycles. The molecule has 1 amide bonds. The first-order valence-electron chi connectivity index (χ1n) is 7.53. The van der Waals surface area contributed by atoms with Crippen molar-refractivity contribution in [2.75, 3.05) is 11.9 Å². The lowest BCUT2D eigenvalue weighted by molar-refractivity contribution is -0.146. The molecule has 0 aliphatic heterocycles. The molecule has 2 rings (SSSR count). The molecule has 0 fully saturated rings. The van der Waals surface area contributed by atoms with Gasteiger partial charge in [-0.05, 0) is 49.1 Å². The molecule has 120 valence electrons. The second-order valence-corrected chi connectivity index (χ2v) is 5.56. The van der Waals surface area contributed by atoms with Gasteiger partial charge in [0.15, 0.2) is 6.61 Å². The molecule has 4 nitrogen and oxygen atoms in total. The van der Waals surface area contributed by atoms with E-state index in [9.17, 15) is 9.59 Å². The second-order valence-electron chi connectivity index (χ2n) is 5.56. The predicted octanol–water partition coefficient (Wildman–Crippen LogP) is 3.34. The number of hydrogen-bond donors (Lipinski definition) is 1. The summed E-state index contributed by atoms with van der Waals surface area (Å²) in [5.74, 6) is -0.743. The Morgan fingerprint density at radius 3 is 2.39 bits per heavy atom. The minimum atomic E-state index is -0.407. The second kappa shape index (κ2) is 7.58. The first-order valence-corrected chi connectivity index (χ1v) is 7.53. The number of ether oxygens (including phenoxy) is 1. The largest absolute Gasteiger partial charge is 0.455 e. The van der Waals surface area contributed by atoms with Crippen LogP contribution in [0, 0.1) is 20.8 Å². The van der Waals surface area contributed by atoms with Crippen molar-refractivity contribution in [1.29, 1.82) is 0 Å². The lowest BCUT2D eigenvalue weighted by Gasteiger charge is -2.11. The molecule has 1 N–H and O–H groups in total. The minimum absolute atomic E-state index is 0.170. The zero-order valence-corrected chi connectivity index (χ0v) is 13.7. The number of nitrogens with one attached hydrogen (secondary N) is 1. The summed E-state index contributed by atoms with van der Waals surface area (Å²) in [5, 5.41) is 2.77. The van der Waals surface area contributed by atoms with Crippen molar-refractivity contribution in [2.24, 2.45) is 0 Å². The van der Waals surface area contributed by atoms with E-state index in [1.165, 1.54) is 0 Å². The Balaban J connectivity index is 1.86. The molecule has 2 aromatic rings. The number of anilines is 1. The van der Waals surface area contributed by atoms with E-state index in [4.69, 9.17) is 4.74 Å². The van der Waals surface area contributed by atoms with E-state index in [1.807, 2.05) is 63.2 Å². The number of carbonyl (C=O) groups is 2. The molecule has 23 heavy (non-hydrogen) atoms. The Morgan fingerprint density at radius 1 is 0.957 bits per heavy atom. The van der Waals surface area contributed by atoms with Gasteiger partial charge >= 0.3 is 5.97 Å². The van der Waals surface area contributed by atoms with Crippen molar-refractivity contribution in [3.05, 3.63) is 64.7 Å². The van der Waals surface area contributed by atoms with Crippen LogP contribution >= 0.6 is 0 Å². The summed E-state index contributed by atoms with van der Waals surface area (Å²) < 4.78 is 5.05. The Morgan fingerprint density at radius 2 is 1.65 bits per heavy atom. The van der Waals surface area contributed by atoms with Crippen LogP contribution in [-0.4, -0.2) is 18.5 Å². The van der Waals surface area contributed by atoms with Crippen LogP contribution in [0.25, 0.3) is 0 Å². The third kappa shape index (κ3) is 4.68. The summed E-state index contributed by atoms with van der Waals surface area (Å²) in [6.45, 7) is 5.58. The zero-order valence-electron chi connectivity index (χ0n) is 13.7. The van der Waals surface area contributed by atoms with Gasteiger partial charge in [-0.25, -0.2) is 0 Å². The van der Waals surface area contributed by atoms with Crippen LogP contribution in [0.15, 0.2) is 42.5 Å². The van der Waals surface area contributed by atoms with E-state index in [0.29, 0.717) is 0 Å². The molecule has 0 bridgehead atoms. The fourth-order valence-electron chi connectivity index (χ4n) is 2.23. The molecule has 0 unspecified atom stereocenters. The molecule has 0 aromatic heterocycles. The molecule has 0 radical (unpaired) electrons. The van der Waals surface area contributed by atoms with Crippen LogP contribution in [0.4, 0.5) is 5.69 Å². The van der Waals surface area contributed by atoms with Gasteiger partial charge in [0.25, 0.3) is 5.91 Å². The highest BCUT2D eigenvalue weighted by atomic mass is 16.5. The van der Waals surface area contributed by atoms with Crippen LogP contribution < -0.4 is 5.32 Å². The first kappa shape index (κ1) is 16.7. The van der Waals surface area contributed by atoms with E-state index >= 15 is 0 Å². The maximum absolute atomic E-state index is 11.9. The molecule has 0 aliphatic carbocycles. The summed E-state index contributed by atoms with van der Waals surface area (Å²) >= 11 is 0. The smallest absolute Gasteiger partial charge is 0.310 e. The number of benzene rings is 2. The Hall–Kier alpha value is -2.62. The van der Waals surface area contributed by atoms with Crippen molar-refractivity contribution >= 4 is 17.6 Å².